The van der Waals surface area contributed by atoms with Crippen LogP contribution in [0.25, 0.3) is 0 Å². The van der Waals surface area contributed by atoms with Gasteiger partial charge >= 0.3 is 5.97 Å². The highest BCUT2D eigenvalue weighted by atomic mass is 19.2. The monoisotopic (exact) mass is 404 g/mol. The average molecular weight is 404 g/mol. The molecule has 0 N–H and O–H groups in total. The molecule has 0 bridgehead atoms. The fourth-order valence-electron chi connectivity index (χ4n) is 4.74. The highest BCUT2D eigenvalue weighted by Gasteiger charge is 2.34. The zero-order valence-electron chi connectivity index (χ0n) is 15.9. The minimum atomic E-state index is -2.29. The van der Waals surface area contributed by atoms with E-state index in [9.17, 15) is 26.7 Å². The zero-order chi connectivity index (χ0) is 20.4. The minimum absolute atomic E-state index is 0.541. The number of rotatable bonds is 4. The second-order valence-electron chi connectivity index (χ2n) is 8.08. The molecule has 28 heavy (non-hydrogen) atoms. The zero-order valence-corrected chi connectivity index (χ0v) is 15.9. The van der Waals surface area contributed by atoms with Crippen molar-refractivity contribution in [2.45, 2.75) is 70.8 Å². The molecule has 2 saturated carbocycles. The van der Waals surface area contributed by atoms with Gasteiger partial charge in [0.2, 0.25) is 5.82 Å². The summed E-state index contributed by atoms with van der Waals surface area (Å²) in [5.41, 5.74) is -1.52. The second kappa shape index (κ2) is 8.78. The first-order valence-electron chi connectivity index (χ1n) is 10.1. The topological polar surface area (TPSA) is 26.3 Å². The Kier molecular flexibility index (Phi) is 6.61. The van der Waals surface area contributed by atoms with Gasteiger partial charge in [-0.05, 0) is 56.3 Å². The van der Waals surface area contributed by atoms with Crippen molar-refractivity contribution in [1.29, 1.82) is 0 Å². The molecule has 156 valence electrons. The maximum Gasteiger partial charge on any atom is 0.344 e. The third-order valence-corrected chi connectivity index (χ3v) is 6.54. The SMILES string of the molecule is CC[C@H]1CC[C@H](C2CCC(OC(=O)c3c(F)c(F)c(F)c(F)c3F)CC2)CC1. The van der Waals surface area contributed by atoms with E-state index in [0.29, 0.717) is 24.7 Å². The van der Waals surface area contributed by atoms with Crippen molar-refractivity contribution in [2.24, 2.45) is 17.8 Å². The van der Waals surface area contributed by atoms with E-state index in [-0.39, 0.29) is 0 Å². The molecule has 0 spiro atoms. The first kappa shape index (κ1) is 21.1. The van der Waals surface area contributed by atoms with E-state index < -0.39 is 46.7 Å². The van der Waals surface area contributed by atoms with Crippen molar-refractivity contribution >= 4 is 5.97 Å². The number of esters is 1. The quantitative estimate of drug-likeness (QED) is 0.254. The number of halogens is 5. The predicted molar refractivity (Wildman–Crippen MR) is 93.1 cm³/mol. The van der Waals surface area contributed by atoms with Gasteiger partial charge in [0.15, 0.2) is 23.3 Å². The number of benzene rings is 1. The van der Waals surface area contributed by atoms with Gasteiger partial charge in [0.1, 0.15) is 11.7 Å². The van der Waals surface area contributed by atoms with Crippen molar-refractivity contribution < 1.29 is 31.5 Å². The van der Waals surface area contributed by atoms with E-state index in [4.69, 9.17) is 4.74 Å². The molecular formula is C21H25F5O2. The predicted octanol–water partition coefficient (Wildman–Crippen LogP) is 6.31. The number of hydrogen-bond acceptors (Lipinski definition) is 2. The highest BCUT2D eigenvalue weighted by Crippen LogP contribution is 2.41. The summed E-state index contributed by atoms with van der Waals surface area (Å²) in [4.78, 5) is 12.1. The van der Waals surface area contributed by atoms with E-state index in [1.54, 1.807) is 0 Å². The number of carbonyl (C=O) groups excluding carboxylic acids is 1. The third-order valence-electron chi connectivity index (χ3n) is 6.54. The number of hydrogen-bond donors (Lipinski definition) is 0. The Morgan fingerprint density at radius 3 is 1.64 bits per heavy atom. The van der Waals surface area contributed by atoms with Gasteiger partial charge in [-0.15, -0.1) is 0 Å². The molecule has 1 aromatic carbocycles. The Labute approximate surface area is 161 Å². The van der Waals surface area contributed by atoms with Crippen LogP contribution in [0.15, 0.2) is 0 Å². The van der Waals surface area contributed by atoms with Crippen LogP contribution in [0, 0.1) is 46.8 Å². The molecule has 0 unspecified atom stereocenters. The minimum Gasteiger partial charge on any atom is -0.459 e. The molecule has 0 amide bonds. The van der Waals surface area contributed by atoms with Gasteiger partial charge in [-0.2, -0.15) is 0 Å². The van der Waals surface area contributed by atoms with Crippen molar-refractivity contribution in [1.82, 2.24) is 0 Å². The normalized spacial score (nSPS) is 28.2. The summed E-state index contributed by atoms with van der Waals surface area (Å²) >= 11 is 0. The number of carbonyl (C=O) groups is 1. The molecule has 0 heterocycles. The van der Waals surface area contributed by atoms with Gasteiger partial charge in [-0.1, -0.05) is 26.2 Å². The highest BCUT2D eigenvalue weighted by molar-refractivity contribution is 5.90. The third kappa shape index (κ3) is 4.18. The van der Waals surface area contributed by atoms with Crippen LogP contribution in [0.2, 0.25) is 0 Å². The van der Waals surface area contributed by atoms with Crippen molar-refractivity contribution in [2.75, 3.05) is 0 Å². The van der Waals surface area contributed by atoms with Crippen molar-refractivity contribution in [3.05, 3.63) is 34.6 Å². The number of ether oxygens (including phenoxy) is 1. The molecule has 0 saturated heterocycles. The summed E-state index contributed by atoms with van der Waals surface area (Å²) < 4.78 is 72.3. The van der Waals surface area contributed by atoms with Gasteiger partial charge in [0.05, 0.1) is 0 Å². The van der Waals surface area contributed by atoms with Crippen LogP contribution in [0.5, 0.6) is 0 Å². The van der Waals surface area contributed by atoms with E-state index in [1.165, 1.54) is 32.1 Å². The van der Waals surface area contributed by atoms with Crippen LogP contribution >= 0.6 is 0 Å². The first-order valence-corrected chi connectivity index (χ1v) is 10.1. The largest absolute Gasteiger partial charge is 0.459 e. The molecule has 0 atom stereocenters. The Balaban J connectivity index is 1.58. The molecule has 0 aromatic heterocycles. The van der Waals surface area contributed by atoms with Gasteiger partial charge in [0.25, 0.3) is 0 Å². The summed E-state index contributed by atoms with van der Waals surface area (Å²) in [6.45, 7) is 2.22. The van der Waals surface area contributed by atoms with Crippen LogP contribution < -0.4 is 0 Å². The van der Waals surface area contributed by atoms with E-state index >= 15 is 0 Å². The van der Waals surface area contributed by atoms with Crippen LogP contribution in [0.1, 0.15) is 75.1 Å². The van der Waals surface area contributed by atoms with Crippen LogP contribution in [0.3, 0.4) is 0 Å². The van der Waals surface area contributed by atoms with Crippen LogP contribution in [-0.4, -0.2) is 12.1 Å². The molecule has 2 fully saturated rings. The molecular weight excluding hydrogens is 379 g/mol. The van der Waals surface area contributed by atoms with Gasteiger partial charge < -0.3 is 4.74 Å². The Bertz CT molecular complexity index is 691. The Hall–Kier alpha value is -1.66. The molecule has 0 radical (unpaired) electrons. The molecule has 0 aliphatic heterocycles. The molecule has 3 rings (SSSR count). The lowest BCUT2D eigenvalue weighted by molar-refractivity contribution is 0.00978. The van der Waals surface area contributed by atoms with Gasteiger partial charge in [-0.25, -0.2) is 26.7 Å². The summed E-state index contributed by atoms with van der Waals surface area (Å²) in [5, 5.41) is 0. The van der Waals surface area contributed by atoms with Crippen LogP contribution in [-0.2, 0) is 4.74 Å². The molecule has 1 aromatic rings. The standard InChI is InChI=1S/C21H25F5O2/c1-2-11-3-5-12(6-4-11)13-7-9-14(10-8-13)28-21(27)15-16(22)18(24)20(26)19(25)17(15)23/h11-14H,2-10H2,1H3/t11-,12-,13?,14?. The Morgan fingerprint density at radius 2 is 1.18 bits per heavy atom. The molecule has 7 heteroatoms. The van der Waals surface area contributed by atoms with Crippen LogP contribution in [0.4, 0.5) is 22.0 Å². The molecule has 2 aliphatic carbocycles. The van der Waals surface area contributed by atoms with Gasteiger partial charge in [-0.3, -0.25) is 0 Å². The van der Waals surface area contributed by atoms with Crippen molar-refractivity contribution in [3.63, 3.8) is 0 Å². The average Bonchev–Trinajstić information content (AvgIpc) is 2.71. The van der Waals surface area contributed by atoms with Gasteiger partial charge in [0, 0.05) is 0 Å². The van der Waals surface area contributed by atoms with E-state index in [0.717, 1.165) is 18.8 Å². The second-order valence-corrected chi connectivity index (χ2v) is 8.08. The fourth-order valence-corrected chi connectivity index (χ4v) is 4.74. The lowest BCUT2D eigenvalue weighted by atomic mass is 9.70. The maximum absolute atomic E-state index is 13.8. The first-order chi connectivity index (χ1) is 13.3. The molecule has 2 aliphatic rings. The summed E-state index contributed by atoms with van der Waals surface area (Å²) in [5.74, 6) is -10.4. The summed E-state index contributed by atoms with van der Waals surface area (Å²) in [7, 11) is 0. The van der Waals surface area contributed by atoms with E-state index in [2.05, 4.69) is 6.92 Å². The van der Waals surface area contributed by atoms with Crippen molar-refractivity contribution in [3.8, 4) is 0 Å². The lowest BCUT2D eigenvalue weighted by Gasteiger charge is -2.37. The summed E-state index contributed by atoms with van der Waals surface area (Å²) in [6, 6.07) is 0. The Morgan fingerprint density at radius 1 is 0.750 bits per heavy atom. The van der Waals surface area contributed by atoms with E-state index in [1.807, 2.05) is 0 Å². The summed E-state index contributed by atoms with van der Waals surface area (Å²) in [6.07, 6.45) is 8.33. The lowest BCUT2D eigenvalue weighted by Crippen LogP contribution is -2.30. The fraction of sp³-hybridized carbons (Fsp3) is 0.667. The smallest absolute Gasteiger partial charge is 0.344 e. The maximum atomic E-state index is 13.8. The molecule has 2 nitrogen and oxygen atoms in total.